The largest absolute Gasteiger partial charge is 0.416 e. The van der Waals surface area contributed by atoms with E-state index in [1.165, 1.54) is 23.1 Å². The molecule has 1 atom stereocenters. The zero-order chi connectivity index (χ0) is 24.7. The summed E-state index contributed by atoms with van der Waals surface area (Å²) in [6.07, 6.45) is 0.624. The molecule has 0 spiro atoms. The van der Waals surface area contributed by atoms with Crippen LogP contribution in [0.3, 0.4) is 0 Å². The molecule has 0 bridgehead atoms. The molecule has 0 aliphatic carbocycles. The molecule has 3 aromatic heterocycles. The van der Waals surface area contributed by atoms with E-state index >= 15 is 0 Å². The molecular formula is C27H28F3N5. The molecule has 0 unspecified atom stereocenters. The van der Waals surface area contributed by atoms with Crippen molar-refractivity contribution in [1.29, 1.82) is 0 Å². The molecule has 0 amide bonds. The van der Waals surface area contributed by atoms with Gasteiger partial charge in [0.05, 0.1) is 28.7 Å². The van der Waals surface area contributed by atoms with Gasteiger partial charge in [-0.3, -0.25) is 0 Å². The van der Waals surface area contributed by atoms with Gasteiger partial charge in [0.2, 0.25) is 0 Å². The number of hydrogen-bond acceptors (Lipinski definition) is 4. The first-order valence-corrected chi connectivity index (χ1v) is 11.9. The normalized spacial score (nSPS) is 16.9. The van der Waals surface area contributed by atoms with Crippen molar-refractivity contribution >= 4 is 10.9 Å². The number of halogens is 3. The molecule has 0 saturated carbocycles. The fraction of sp³-hybridized carbons (Fsp3) is 0.370. The topological polar surface area (TPSA) is 46.8 Å². The van der Waals surface area contributed by atoms with E-state index < -0.39 is 11.7 Å². The molecule has 1 aliphatic rings. The van der Waals surface area contributed by atoms with Crippen LogP contribution in [0, 0.1) is 13.8 Å². The lowest BCUT2D eigenvalue weighted by atomic mass is 10.0. The fourth-order valence-electron chi connectivity index (χ4n) is 4.96. The van der Waals surface area contributed by atoms with Crippen molar-refractivity contribution in [3.05, 3.63) is 71.2 Å². The first-order chi connectivity index (χ1) is 16.7. The average molecular weight is 480 g/mol. The molecule has 5 rings (SSSR count). The van der Waals surface area contributed by atoms with Gasteiger partial charge in [-0.05, 0) is 70.3 Å². The highest BCUT2D eigenvalue weighted by molar-refractivity contribution is 5.84. The molecule has 1 aliphatic heterocycles. The maximum atomic E-state index is 13.3. The first-order valence-electron chi connectivity index (χ1n) is 11.9. The Balaban J connectivity index is 1.49. The highest BCUT2D eigenvalue weighted by Gasteiger charge is 2.31. The monoisotopic (exact) mass is 479 g/mol. The second kappa shape index (κ2) is 9.07. The zero-order valence-electron chi connectivity index (χ0n) is 20.1. The van der Waals surface area contributed by atoms with E-state index in [4.69, 9.17) is 4.98 Å². The lowest BCUT2D eigenvalue weighted by Gasteiger charge is -2.21. The van der Waals surface area contributed by atoms with Gasteiger partial charge in [-0.25, -0.2) is 14.6 Å². The van der Waals surface area contributed by atoms with Crippen LogP contribution in [0.2, 0.25) is 0 Å². The summed E-state index contributed by atoms with van der Waals surface area (Å²) in [7, 11) is 0. The van der Waals surface area contributed by atoms with Gasteiger partial charge in [-0.15, -0.1) is 0 Å². The van der Waals surface area contributed by atoms with Crippen molar-refractivity contribution in [2.75, 3.05) is 13.1 Å². The third kappa shape index (κ3) is 4.67. The van der Waals surface area contributed by atoms with Crippen LogP contribution in [-0.4, -0.2) is 43.8 Å². The van der Waals surface area contributed by atoms with Crippen LogP contribution in [0.4, 0.5) is 13.2 Å². The van der Waals surface area contributed by atoms with E-state index in [9.17, 15) is 13.2 Å². The van der Waals surface area contributed by atoms with Crippen molar-refractivity contribution in [2.24, 2.45) is 0 Å². The molecule has 0 radical (unpaired) electrons. The standard InChI is InChI=1S/C27H28F3N5/c1-17-14-22(27(28,29)30)15-25(32-17)35-19(3)23(16-31-35)24-10-9-20-7-4-8-21(26(20)33-24)11-13-34-12-5-6-18(34)2/h4,7-10,14-16,18H,5-6,11-13H2,1-3H3/t18-/m1/s1. The third-order valence-corrected chi connectivity index (χ3v) is 6.93. The van der Waals surface area contributed by atoms with Gasteiger partial charge < -0.3 is 4.90 Å². The fourth-order valence-corrected chi connectivity index (χ4v) is 4.96. The van der Waals surface area contributed by atoms with E-state index in [1.807, 2.05) is 19.1 Å². The number of aromatic nitrogens is 4. The number of nitrogens with zero attached hydrogens (tertiary/aromatic N) is 5. The predicted molar refractivity (Wildman–Crippen MR) is 131 cm³/mol. The second-order valence-corrected chi connectivity index (χ2v) is 9.37. The van der Waals surface area contributed by atoms with Crippen LogP contribution in [0.15, 0.2) is 48.7 Å². The summed E-state index contributed by atoms with van der Waals surface area (Å²) in [6, 6.07) is 12.9. The summed E-state index contributed by atoms with van der Waals surface area (Å²) >= 11 is 0. The van der Waals surface area contributed by atoms with Gasteiger partial charge in [0.25, 0.3) is 0 Å². The molecule has 1 aromatic carbocycles. The van der Waals surface area contributed by atoms with Crippen molar-refractivity contribution in [1.82, 2.24) is 24.6 Å². The van der Waals surface area contributed by atoms with Crippen LogP contribution in [0.25, 0.3) is 28.0 Å². The lowest BCUT2D eigenvalue weighted by molar-refractivity contribution is -0.137. The molecule has 0 N–H and O–H groups in total. The molecule has 1 saturated heterocycles. The molecule has 182 valence electrons. The maximum absolute atomic E-state index is 13.3. The lowest BCUT2D eigenvalue weighted by Crippen LogP contribution is -2.29. The van der Waals surface area contributed by atoms with Crippen LogP contribution < -0.4 is 0 Å². The minimum absolute atomic E-state index is 0.141. The van der Waals surface area contributed by atoms with Gasteiger partial charge in [0.15, 0.2) is 5.82 Å². The number of hydrogen-bond donors (Lipinski definition) is 0. The average Bonchev–Trinajstić information content (AvgIpc) is 3.41. The van der Waals surface area contributed by atoms with Crippen LogP contribution in [0.1, 0.15) is 42.3 Å². The Bertz CT molecular complexity index is 1380. The number of fused-ring (bicyclic) bond motifs is 1. The van der Waals surface area contributed by atoms with Gasteiger partial charge in [0.1, 0.15) is 0 Å². The summed E-state index contributed by atoms with van der Waals surface area (Å²) in [6.45, 7) is 7.81. The Morgan fingerprint density at radius 1 is 1.06 bits per heavy atom. The van der Waals surface area contributed by atoms with E-state index in [2.05, 4.69) is 40.1 Å². The predicted octanol–water partition coefficient (Wildman–Crippen LogP) is 6.14. The maximum Gasteiger partial charge on any atom is 0.416 e. The smallest absolute Gasteiger partial charge is 0.300 e. The molecule has 4 aromatic rings. The van der Waals surface area contributed by atoms with E-state index in [0.29, 0.717) is 11.7 Å². The Morgan fingerprint density at radius 3 is 2.63 bits per heavy atom. The van der Waals surface area contributed by atoms with Crippen LogP contribution in [0.5, 0.6) is 0 Å². The van der Waals surface area contributed by atoms with Gasteiger partial charge in [-0.2, -0.15) is 18.3 Å². The first kappa shape index (κ1) is 23.5. The van der Waals surface area contributed by atoms with Crippen molar-refractivity contribution < 1.29 is 13.2 Å². The number of aryl methyl sites for hydroxylation is 1. The summed E-state index contributed by atoms with van der Waals surface area (Å²) in [4.78, 5) is 11.8. The Morgan fingerprint density at radius 2 is 1.89 bits per heavy atom. The van der Waals surface area contributed by atoms with Crippen molar-refractivity contribution in [3.8, 4) is 17.1 Å². The number of para-hydroxylation sites is 1. The number of rotatable bonds is 5. The van der Waals surface area contributed by atoms with Gasteiger partial charge in [-0.1, -0.05) is 24.3 Å². The molecule has 35 heavy (non-hydrogen) atoms. The molecule has 4 heterocycles. The summed E-state index contributed by atoms with van der Waals surface area (Å²) in [5.74, 6) is 0.141. The molecule has 5 nitrogen and oxygen atoms in total. The Hall–Kier alpha value is -3.26. The zero-order valence-corrected chi connectivity index (χ0v) is 20.1. The summed E-state index contributed by atoms with van der Waals surface area (Å²) in [5.41, 5.74) is 3.90. The van der Waals surface area contributed by atoms with Crippen molar-refractivity contribution in [2.45, 2.75) is 52.3 Å². The third-order valence-electron chi connectivity index (χ3n) is 6.93. The number of benzene rings is 1. The van der Waals surface area contributed by atoms with Crippen LogP contribution >= 0.6 is 0 Å². The summed E-state index contributed by atoms with van der Waals surface area (Å²) < 4.78 is 41.4. The number of pyridine rings is 2. The Labute approximate surface area is 202 Å². The van der Waals surface area contributed by atoms with Gasteiger partial charge >= 0.3 is 6.18 Å². The quantitative estimate of drug-likeness (QED) is 0.345. The SMILES string of the molecule is Cc1cc(C(F)(F)F)cc(-n2ncc(-c3ccc4cccc(CCN5CCC[C@H]5C)c4n3)c2C)n1. The number of likely N-dealkylation sites (tertiary alicyclic amines) is 1. The highest BCUT2D eigenvalue weighted by atomic mass is 19.4. The highest BCUT2D eigenvalue weighted by Crippen LogP contribution is 2.32. The molecule has 1 fully saturated rings. The minimum Gasteiger partial charge on any atom is -0.300 e. The van der Waals surface area contributed by atoms with Crippen LogP contribution in [-0.2, 0) is 12.6 Å². The van der Waals surface area contributed by atoms with Gasteiger partial charge in [0, 0.05) is 29.2 Å². The molecule has 8 heteroatoms. The number of alkyl halides is 3. The minimum atomic E-state index is -4.45. The van der Waals surface area contributed by atoms with E-state index in [0.717, 1.165) is 53.8 Å². The van der Waals surface area contributed by atoms with E-state index in [-0.39, 0.29) is 11.5 Å². The Kier molecular flexibility index (Phi) is 6.09. The molecular weight excluding hydrogens is 451 g/mol. The summed E-state index contributed by atoms with van der Waals surface area (Å²) in [5, 5.41) is 5.44. The van der Waals surface area contributed by atoms with E-state index in [1.54, 1.807) is 13.1 Å². The van der Waals surface area contributed by atoms with Crippen molar-refractivity contribution in [3.63, 3.8) is 0 Å². The second-order valence-electron chi connectivity index (χ2n) is 9.37.